The molecule has 0 bridgehead atoms. The van der Waals surface area contributed by atoms with Crippen LogP contribution in [0.2, 0.25) is 0 Å². The van der Waals surface area contributed by atoms with Gasteiger partial charge in [-0.25, -0.2) is 4.79 Å². The van der Waals surface area contributed by atoms with Gasteiger partial charge in [0.1, 0.15) is 12.2 Å². The lowest BCUT2D eigenvalue weighted by atomic mass is 9.77. The molecule has 0 aromatic rings. The predicted octanol–water partition coefficient (Wildman–Crippen LogP) is 5.10. The van der Waals surface area contributed by atoms with Crippen LogP contribution in [0.25, 0.3) is 0 Å². The van der Waals surface area contributed by atoms with Crippen molar-refractivity contribution in [2.24, 2.45) is 29.6 Å². The van der Waals surface area contributed by atoms with E-state index < -0.39 is 54.1 Å². The quantitative estimate of drug-likeness (QED) is 0.317. The molecule has 0 radical (unpaired) electrons. The second-order valence-corrected chi connectivity index (χ2v) is 13.0. The molecular weight excluding hydrogens is 564 g/mol. The molecule has 2 aliphatic rings. The van der Waals surface area contributed by atoms with Crippen LogP contribution in [-0.2, 0) is 28.5 Å². The van der Waals surface area contributed by atoms with Crippen molar-refractivity contribution in [1.82, 2.24) is 0 Å². The van der Waals surface area contributed by atoms with Gasteiger partial charge in [-0.3, -0.25) is 0 Å². The van der Waals surface area contributed by atoms with Gasteiger partial charge in [0, 0.05) is 44.3 Å². The zero-order chi connectivity index (χ0) is 33.4. The van der Waals surface area contributed by atoms with Gasteiger partial charge in [0.05, 0.1) is 31.5 Å². The minimum Gasteiger partial charge on any atom is -0.490 e. The van der Waals surface area contributed by atoms with E-state index in [-0.39, 0.29) is 36.0 Å². The Hall–Kier alpha value is -2.01. The summed E-state index contributed by atoms with van der Waals surface area (Å²) >= 11 is 0. The van der Waals surface area contributed by atoms with Gasteiger partial charge in [0.2, 0.25) is 5.76 Å². The fraction of sp³-hybridized carbons (Fsp3) is 0.743. The third-order valence-electron chi connectivity index (χ3n) is 9.64. The summed E-state index contributed by atoms with van der Waals surface area (Å²) in [6.45, 7) is 15.4. The summed E-state index contributed by atoms with van der Waals surface area (Å²) in [5.74, 6) is -3.43. The maximum absolute atomic E-state index is 13.5. The SMILES string of the molecule is CC[C@H]1O[C@@](OC)([C@@H](C)[C@H](O)[C@H](C)[C@H]2OC(=O)/C(OC)=C/C(C)=C/[C@@H](C)[C@@H](O)[C@H](C)C/C(C)=C/C=C/[C@@H]2OC)C[C@@H](O)[C@@H]1C. The Labute approximate surface area is 264 Å². The summed E-state index contributed by atoms with van der Waals surface area (Å²) in [5, 5.41) is 33.6. The van der Waals surface area contributed by atoms with Gasteiger partial charge in [0.15, 0.2) is 5.79 Å². The minimum atomic E-state index is -1.24. The van der Waals surface area contributed by atoms with Gasteiger partial charge in [0.25, 0.3) is 0 Å². The Balaban J connectivity index is 2.54. The highest BCUT2D eigenvalue weighted by Gasteiger charge is 2.52. The molecule has 3 N–H and O–H groups in total. The van der Waals surface area contributed by atoms with E-state index >= 15 is 0 Å². The number of carbonyl (C=O) groups is 1. The van der Waals surface area contributed by atoms with Crippen LogP contribution in [0, 0.1) is 29.6 Å². The summed E-state index contributed by atoms with van der Waals surface area (Å²) in [5.41, 5.74) is 1.82. The number of esters is 1. The van der Waals surface area contributed by atoms with E-state index in [1.54, 1.807) is 19.1 Å². The van der Waals surface area contributed by atoms with Crippen molar-refractivity contribution in [3.63, 3.8) is 0 Å². The van der Waals surface area contributed by atoms with Crippen molar-refractivity contribution < 1.29 is 43.8 Å². The van der Waals surface area contributed by atoms with Crippen LogP contribution in [0.5, 0.6) is 0 Å². The second kappa shape index (κ2) is 17.1. The smallest absolute Gasteiger partial charge is 0.373 e. The van der Waals surface area contributed by atoms with Crippen molar-refractivity contribution >= 4 is 5.97 Å². The topological polar surface area (TPSA) is 124 Å². The first-order valence-corrected chi connectivity index (χ1v) is 15.9. The molecular formula is C35H58O9. The molecule has 1 fully saturated rings. The standard InChI is InChI=1S/C35H58O9/c1-12-28-24(6)27(36)19-35(42-11,44-28)26(8)32(38)25(7)33-29(40-9)15-13-14-20(2)16-22(4)31(37)23(5)17-21(3)18-30(41-10)34(39)43-33/h13-15,17-18,22-29,31-33,36-38H,12,16,19H2,1-11H3/b15-13+,20-14+,21-17+,30-18-/t22-,23-,24+,25+,26+,27-,28-,29+,31+,32-,33-,35-/m1/s1. The third kappa shape index (κ3) is 9.27. The van der Waals surface area contributed by atoms with Gasteiger partial charge < -0.3 is 39.0 Å². The average Bonchev–Trinajstić information content (AvgIpc) is 3.00. The number of hydrogen-bond donors (Lipinski definition) is 3. The highest BCUT2D eigenvalue weighted by Crippen LogP contribution is 2.42. The molecule has 1 saturated heterocycles. The molecule has 9 nitrogen and oxygen atoms in total. The van der Waals surface area contributed by atoms with Gasteiger partial charge >= 0.3 is 5.97 Å². The molecule has 2 heterocycles. The number of hydrogen-bond acceptors (Lipinski definition) is 9. The zero-order valence-corrected chi connectivity index (χ0v) is 28.7. The molecule has 9 heteroatoms. The number of cyclic esters (lactones) is 1. The predicted molar refractivity (Wildman–Crippen MR) is 170 cm³/mol. The molecule has 44 heavy (non-hydrogen) atoms. The largest absolute Gasteiger partial charge is 0.490 e. The molecule has 0 amide bonds. The molecule has 0 aliphatic carbocycles. The van der Waals surface area contributed by atoms with Crippen LogP contribution in [0.1, 0.15) is 74.7 Å². The number of carbonyl (C=O) groups excluding carboxylic acids is 1. The van der Waals surface area contributed by atoms with E-state index in [4.69, 9.17) is 23.7 Å². The van der Waals surface area contributed by atoms with Crippen molar-refractivity contribution in [3.05, 3.63) is 47.3 Å². The Morgan fingerprint density at radius 2 is 1.77 bits per heavy atom. The van der Waals surface area contributed by atoms with E-state index in [0.717, 1.165) is 11.1 Å². The lowest BCUT2D eigenvalue weighted by molar-refractivity contribution is -0.333. The van der Waals surface area contributed by atoms with Gasteiger partial charge in [-0.1, -0.05) is 77.0 Å². The number of rotatable bonds is 8. The van der Waals surface area contributed by atoms with E-state index in [0.29, 0.717) is 12.8 Å². The normalized spacial score (nSPS) is 41.0. The minimum absolute atomic E-state index is 0.00833. The number of ether oxygens (including phenoxy) is 5. The van der Waals surface area contributed by atoms with E-state index in [1.165, 1.54) is 21.3 Å². The highest BCUT2D eigenvalue weighted by molar-refractivity contribution is 5.87. The maximum Gasteiger partial charge on any atom is 0.373 e. The van der Waals surface area contributed by atoms with Crippen molar-refractivity contribution in [3.8, 4) is 0 Å². The summed E-state index contributed by atoms with van der Waals surface area (Å²) in [7, 11) is 4.45. The van der Waals surface area contributed by atoms with Crippen molar-refractivity contribution in [2.75, 3.05) is 21.3 Å². The first kappa shape index (κ1) is 38.2. The molecule has 0 spiro atoms. The number of allylic oxidation sites excluding steroid dienone is 5. The molecule has 0 unspecified atom stereocenters. The fourth-order valence-electron chi connectivity index (χ4n) is 6.60. The molecule has 2 rings (SSSR count). The Bertz CT molecular complexity index is 1050. The Kier molecular flexibility index (Phi) is 14.8. The third-order valence-corrected chi connectivity index (χ3v) is 9.64. The number of aliphatic hydroxyl groups excluding tert-OH is 3. The molecule has 12 atom stereocenters. The Morgan fingerprint density at radius 3 is 2.34 bits per heavy atom. The van der Waals surface area contributed by atoms with E-state index in [2.05, 4.69) is 0 Å². The van der Waals surface area contributed by atoms with Crippen molar-refractivity contribution in [2.45, 2.75) is 117 Å². The van der Waals surface area contributed by atoms with E-state index in [9.17, 15) is 20.1 Å². The molecule has 2 aliphatic heterocycles. The fourth-order valence-corrected chi connectivity index (χ4v) is 6.60. The second-order valence-electron chi connectivity index (χ2n) is 13.0. The maximum atomic E-state index is 13.5. The number of aliphatic hydroxyl groups is 3. The average molecular weight is 623 g/mol. The van der Waals surface area contributed by atoms with Crippen LogP contribution in [-0.4, -0.2) is 85.0 Å². The lowest BCUT2D eigenvalue weighted by Gasteiger charge is -2.50. The van der Waals surface area contributed by atoms with Gasteiger partial charge in [-0.05, 0) is 38.7 Å². The molecule has 0 aromatic carbocycles. The number of methoxy groups -OCH3 is 3. The van der Waals surface area contributed by atoms with Crippen molar-refractivity contribution in [1.29, 1.82) is 0 Å². The van der Waals surface area contributed by atoms with Crippen LogP contribution < -0.4 is 0 Å². The summed E-state index contributed by atoms with van der Waals surface area (Å²) in [4.78, 5) is 13.5. The lowest BCUT2D eigenvalue weighted by Crippen LogP contribution is -2.59. The summed E-state index contributed by atoms with van der Waals surface area (Å²) in [6.07, 6.45) is 6.50. The van der Waals surface area contributed by atoms with Crippen LogP contribution in [0.15, 0.2) is 47.3 Å². The molecule has 0 saturated carbocycles. The van der Waals surface area contributed by atoms with E-state index in [1.807, 2.05) is 66.7 Å². The van der Waals surface area contributed by atoms with Gasteiger partial charge in [-0.2, -0.15) is 0 Å². The van der Waals surface area contributed by atoms with Crippen LogP contribution in [0.3, 0.4) is 0 Å². The monoisotopic (exact) mass is 622 g/mol. The summed E-state index contributed by atoms with van der Waals surface area (Å²) in [6, 6.07) is 0. The Morgan fingerprint density at radius 1 is 1.11 bits per heavy atom. The summed E-state index contributed by atoms with van der Waals surface area (Å²) < 4.78 is 29.7. The first-order valence-electron chi connectivity index (χ1n) is 15.9. The highest BCUT2D eigenvalue weighted by atomic mass is 16.7. The van der Waals surface area contributed by atoms with Crippen LogP contribution >= 0.6 is 0 Å². The molecule has 252 valence electrons. The van der Waals surface area contributed by atoms with Gasteiger partial charge in [-0.15, -0.1) is 0 Å². The zero-order valence-electron chi connectivity index (χ0n) is 28.7. The first-order chi connectivity index (χ1) is 20.7. The van der Waals surface area contributed by atoms with Crippen LogP contribution in [0.4, 0.5) is 0 Å². The molecule has 0 aromatic heterocycles.